The Bertz CT molecular complexity index is 219. The highest BCUT2D eigenvalue weighted by Gasteiger charge is 2.14. The van der Waals surface area contributed by atoms with Gasteiger partial charge >= 0.3 is 0 Å². The number of ether oxygens (including phenoxy) is 1. The normalized spacial score (nSPS) is 15.1. The van der Waals surface area contributed by atoms with Crippen molar-refractivity contribution >= 4 is 6.21 Å². The molecule has 0 aromatic heterocycles. The maximum Gasteiger partial charge on any atom is 0.0972 e. The molecule has 0 fully saturated rings. The molecule has 0 rings (SSSR count). The Morgan fingerprint density at radius 2 is 2.00 bits per heavy atom. The molecule has 0 spiro atoms. The van der Waals surface area contributed by atoms with Gasteiger partial charge < -0.3 is 10.5 Å². The minimum Gasteiger partial charge on any atom is -0.373 e. The molecule has 2 N–H and O–H groups in total. The zero-order valence-corrected chi connectivity index (χ0v) is 9.87. The summed E-state index contributed by atoms with van der Waals surface area (Å²) in [6, 6.07) is -0.0843. The SMILES string of the molecule is C=C(N=CC(C)(C)OC)[C@@H](N)C(C)C. The first-order valence-corrected chi connectivity index (χ1v) is 4.85. The van der Waals surface area contributed by atoms with E-state index in [9.17, 15) is 0 Å². The summed E-state index contributed by atoms with van der Waals surface area (Å²) in [5, 5.41) is 0. The number of aliphatic imine (C=N–C) groups is 1. The molecule has 0 aromatic carbocycles. The summed E-state index contributed by atoms with van der Waals surface area (Å²) in [6.45, 7) is 11.8. The van der Waals surface area contributed by atoms with Crippen LogP contribution in [0.1, 0.15) is 27.7 Å². The van der Waals surface area contributed by atoms with Crippen molar-refractivity contribution in [1.29, 1.82) is 0 Å². The molecular formula is C11H22N2O. The lowest BCUT2D eigenvalue weighted by Crippen LogP contribution is -2.29. The maximum absolute atomic E-state index is 5.88. The molecule has 82 valence electrons. The van der Waals surface area contributed by atoms with E-state index in [1.807, 2.05) is 27.7 Å². The molecule has 14 heavy (non-hydrogen) atoms. The van der Waals surface area contributed by atoms with Gasteiger partial charge in [-0.3, -0.25) is 4.99 Å². The summed E-state index contributed by atoms with van der Waals surface area (Å²) < 4.78 is 5.20. The predicted molar refractivity (Wildman–Crippen MR) is 61.5 cm³/mol. The molecule has 3 nitrogen and oxygen atoms in total. The monoisotopic (exact) mass is 198 g/mol. The molecule has 0 heterocycles. The van der Waals surface area contributed by atoms with E-state index in [1.165, 1.54) is 0 Å². The second-order valence-electron chi connectivity index (χ2n) is 4.33. The lowest BCUT2D eigenvalue weighted by Gasteiger charge is -2.19. The Morgan fingerprint density at radius 3 is 2.36 bits per heavy atom. The van der Waals surface area contributed by atoms with Gasteiger partial charge in [-0.05, 0) is 19.8 Å². The number of nitrogens with zero attached hydrogens (tertiary/aromatic N) is 1. The minimum atomic E-state index is -0.361. The number of hydrogen-bond donors (Lipinski definition) is 1. The van der Waals surface area contributed by atoms with E-state index in [0.717, 1.165) is 0 Å². The topological polar surface area (TPSA) is 47.6 Å². The summed E-state index contributed by atoms with van der Waals surface area (Å²) in [6.07, 6.45) is 1.73. The molecule has 0 aliphatic rings. The maximum atomic E-state index is 5.88. The zero-order valence-electron chi connectivity index (χ0n) is 9.87. The molecule has 0 aliphatic heterocycles. The quantitative estimate of drug-likeness (QED) is 0.687. The first kappa shape index (κ1) is 13.3. The van der Waals surface area contributed by atoms with Crippen molar-refractivity contribution in [2.24, 2.45) is 16.6 Å². The Kier molecular flexibility index (Phi) is 5.02. The molecule has 1 atom stereocenters. The highest BCUT2D eigenvalue weighted by atomic mass is 16.5. The van der Waals surface area contributed by atoms with Crippen LogP contribution in [0.15, 0.2) is 17.3 Å². The van der Waals surface area contributed by atoms with Crippen molar-refractivity contribution in [1.82, 2.24) is 0 Å². The molecule has 0 saturated carbocycles. The molecule has 0 radical (unpaired) electrons. The van der Waals surface area contributed by atoms with Crippen molar-refractivity contribution < 1.29 is 4.74 Å². The fourth-order valence-electron chi connectivity index (χ4n) is 0.762. The fourth-order valence-corrected chi connectivity index (χ4v) is 0.762. The van der Waals surface area contributed by atoms with Gasteiger partial charge in [-0.25, -0.2) is 0 Å². The van der Waals surface area contributed by atoms with Gasteiger partial charge in [0.25, 0.3) is 0 Å². The van der Waals surface area contributed by atoms with Crippen LogP contribution in [0.3, 0.4) is 0 Å². The van der Waals surface area contributed by atoms with Crippen LogP contribution in [0.5, 0.6) is 0 Å². The molecule has 0 unspecified atom stereocenters. The Balaban J connectivity index is 4.32. The summed E-state index contributed by atoms with van der Waals surface area (Å²) in [7, 11) is 1.65. The van der Waals surface area contributed by atoms with Crippen molar-refractivity contribution in [3.63, 3.8) is 0 Å². The largest absolute Gasteiger partial charge is 0.373 e. The van der Waals surface area contributed by atoms with Crippen LogP contribution in [-0.2, 0) is 4.74 Å². The lowest BCUT2D eigenvalue weighted by atomic mass is 10.0. The van der Waals surface area contributed by atoms with Gasteiger partial charge in [0.05, 0.1) is 5.60 Å². The lowest BCUT2D eigenvalue weighted by molar-refractivity contribution is 0.0871. The van der Waals surface area contributed by atoms with Crippen LogP contribution < -0.4 is 5.73 Å². The van der Waals surface area contributed by atoms with Gasteiger partial charge in [-0.15, -0.1) is 0 Å². The van der Waals surface area contributed by atoms with E-state index >= 15 is 0 Å². The smallest absolute Gasteiger partial charge is 0.0972 e. The second-order valence-corrected chi connectivity index (χ2v) is 4.33. The third-order valence-electron chi connectivity index (χ3n) is 2.17. The van der Waals surface area contributed by atoms with Crippen LogP contribution in [-0.4, -0.2) is 25.0 Å². The predicted octanol–water partition coefficient (Wildman–Crippen LogP) is 1.98. The summed E-state index contributed by atoms with van der Waals surface area (Å²) >= 11 is 0. The Morgan fingerprint density at radius 1 is 1.50 bits per heavy atom. The molecule has 0 saturated heterocycles. The second kappa shape index (κ2) is 5.27. The average molecular weight is 198 g/mol. The molecule has 0 aromatic rings. The van der Waals surface area contributed by atoms with Gasteiger partial charge in [-0.2, -0.15) is 0 Å². The number of methoxy groups -OCH3 is 1. The molecule has 3 heteroatoms. The molecular weight excluding hydrogens is 176 g/mol. The van der Waals surface area contributed by atoms with E-state index in [-0.39, 0.29) is 11.6 Å². The summed E-state index contributed by atoms with van der Waals surface area (Å²) in [4.78, 5) is 4.22. The Labute approximate surface area is 87.0 Å². The van der Waals surface area contributed by atoms with E-state index in [1.54, 1.807) is 13.3 Å². The van der Waals surface area contributed by atoms with Gasteiger partial charge in [0.15, 0.2) is 0 Å². The van der Waals surface area contributed by atoms with Crippen molar-refractivity contribution in [3.05, 3.63) is 12.3 Å². The van der Waals surface area contributed by atoms with Gasteiger partial charge in [-0.1, -0.05) is 20.4 Å². The first-order valence-electron chi connectivity index (χ1n) is 4.85. The number of rotatable bonds is 5. The van der Waals surface area contributed by atoms with Crippen molar-refractivity contribution in [3.8, 4) is 0 Å². The van der Waals surface area contributed by atoms with Gasteiger partial charge in [0, 0.05) is 25.1 Å². The zero-order chi connectivity index (χ0) is 11.4. The average Bonchev–Trinajstić information content (AvgIpc) is 2.13. The van der Waals surface area contributed by atoms with Crippen LogP contribution in [0, 0.1) is 5.92 Å². The first-order chi connectivity index (χ1) is 6.30. The van der Waals surface area contributed by atoms with E-state index < -0.39 is 0 Å². The highest BCUT2D eigenvalue weighted by Crippen LogP contribution is 2.10. The summed E-state index contributed by atoms with van der Waals surface area (Å²) in [5.41, 5.74) is 6.21. The number of hydrogen-bond acceptors (Lipinski definition) is 3. The van der Waals surface area contributed by atoms with E-state index in [2.05, 4.69) is 11.6 Å². The van der Waals surface area contributed by atoms with Crippen LogP contribution in [0.4, 0.5) is 0 Å². The summed E-state index contributed by atoms with van der Waals surface area (Å²) in [5.74, 6) is 0.352. The number of nitrogens with two attached hydrogens (primary N) is 1. The highest BCUT2D eigenvalue weighted by molar-refractivity contribution is 5.68. The third kappa shape index (κ3) is 4.53. The van der Waals surface area contributed by atoms with E-state index in [0.29, 0.717) is 11.6 Å². The molecule has 0 aliphatic carbocycles. The van der Waals surface area contributed by atoms with Crippen LogP contribution in [0.25, 0.3) is 0 Å². The standard InChI is InChI=1S/C11H22N2O/c1-8(2)10(12)9(3)13-7-11(4,5)14-6/h7-8,10H,3,12H2,1-2,4-6H3/t10-/m0/s1. The van der Waals surface area contributed by atoms with Crippen molar-refractivity contribution in [2.75, 3.05) is 7.11 Å². The van der Waals surface area contributed by atoms with Crippen LogP contribution >= 0.6 is 0 Å². The van der Waals surface area contributed by atoms with Gasteiger partial charge in [0.1, 0.15) is 0 Å². The molecule has 0 bridgehead atoms. The molecule has 0 amide bonds. The third-order valence-corrected chi connectivity index (χ3v) is 2.17. The van der Waals surface area contributed by atoms with E-state index in [4.69, 9.17) is 10.5 Å². The van der Waals surface area contributed by atoms with Gasteiger partial charge in [0.2, 0.25) is 0 Å². The van der Waals surface area contributed by atoms with Crippen LogP contribution in [0.2, 0.25) is 0 Å². The Hall–Kier alpha value is -0.670. The minimum absolute atomic E-state index is 0.0843. The van der Waals surface area contributed by atoms with Crippen molar-refractivity contribution in [2.45, 2.75) is 39.3 Å². The fraction of sp³-hybridized carbons (Fsp3) is 0.727.